The summed E-state index contributed by atoms with van der Waals surface area (Å²) in [6.07, 6.45) is 2.44. The molecule has 0 saturated heterocycles. The van der Waals surface area contributed by atoms with Crippen molar-refractivity contribution < 1.29 is 9.66 Å². The van der Waals surface area contributed by atoms with E-state index in [-0.39, 0.29) is 27.9 Å². The minimum absolute atomic E-state index is 0.0311. The molecule has 0 radical (unpaired) electrons. The lowest BCUT2D eigenvalue weighted by Crippen LogP contribution is -2.19. The number of rotatable bonds is 3. The number of hydrogen-bond acceptors (Lipinski definition) is 4. The summed E-state index contributed by atoms with van der Waals surface area (Å²) in [5.41, 5.74) is 5.63. The molecular weight excluding hydrogens is 279 g/mol. The van der Waals surface area contributed by atoms with Gasteiger partial charge in [-0.05, 0) is 19.3 Å². The van der Waals surface area contributed by atoms with Crippen LogP contribution in [0.5, 0.6) is 5.75 Å². The highest BCUT2D eigenvalue weighted by Gasteiger charge is 2.25. The van der Waals surface area contributed by atoms with Crippen molar-refractivity contribution in [1.29, 1.82) is 0 Å². The molecule has 1 aromatic carbocycles. The van der Waals surface area contributed by atoms with Crippen molar-refractivity contribution in [3.63, 3.8) is 0 Å². The molecule has 7 heteroatoms. The van der Waals surface area contributed by atoms with Crippen molar-refractivity contribution in [3.8, 4) is 5.75 Å². The Morgan fingerprint density at radius 1 is 1.33 bits per heavy atom. The molecule has 0 aromatic heterocycles. The zero-order valence-electron chi connectivity index (χ0n) is 9.44. The molecule has 1 aliphatic carbocycles. The normalized spacial score (nSPS) is 23.1. The maximum atomic E-state index is 10.6. The van der Waals surface area contributed by atoms with Crippen molar-refractivity contribution in [1.82, 2.24) is 0 Å². The monoisotopic (exact) mass is 290 g/mol. The van der Waals surface area contributed by atoms with Crippen molar-refractivity contribution in [2.75, 3.05) is 0 Å². The fourth-order valence-corrected chi connectivity index (χ4v) is 2.58. The Bertz CT molecular complexity index is 458. The Labute approximate surface area is 114 Å². The highest BCUT2D eigenvalue weighted by molar-refractivity contribution is 6.37. The lowest BCUT2D eigenvalue weighted by atomic mass is 10.2. The van der Waals surface area contributed by atoms with E-state index < -0.39 is 4.92 Å². The molecule has 1 saturated carbocycles. The molecule has 0 aliphatic heterocycles. The number of halogens is 2. The maximum absolute atomic E-state index is 10.6. The van der Waals surface area contributed by atoms with Gasteiger partial charge in [0, 0.05) is 18.2 Å². The van der Waals surface area contributed by atoms with Crippen LogP contribution in [0, 0.1) is 10.1 Å². The summed E-state index contributed by atoms with van der Waals surface area (Å²) < 4.78 is 5.68. The van der Waals surface area contributed by atoms with Crippen molar-refractivity contribution in [3.05, 3.63) is 32.3 Å². The number of nitro groups is 1. The predicted molar refractivity (Wildman–Crippen MR) is 69.4 cm³/mol. The molecule has 2 atom stereocenters. The number of nitrogens with zero attached hydrogens (tertiary/aromatic N) is 1. The topological polar surface area (TPSA) is 78.4 Å². The Morgan fingerprint density at radius 2 is 1.94 bits per heavy atom. The summed E-state index contributed by atoms with van der Waals surface area (Å²) in [6, 6.07) is 2.60. The lowest BCUT2D eigenvalue weighted by molar-refractivity contribution is -0.384. The minimum Gasteiger partial charge on any atom is -0.487 e. The molecule has 1 aromatic rings. The second-order valence-electron chi connectivity index (χ2n) is 4.31. The maximum Gasteiger partial charge on any atom is 0.272 e. The summed E-state index contributed by atoms with van der Waals surface area (Å²) in [5.74, 6) is 0.294. The van der Waals surface area contributed by atoms with E-state index in [9.17, 15) is 10.1 Å². The van der Waals surface area contributed by atoms with Gasteiger partial charge >= 0.3 is 0 Å². The van der Waals surface area contributed by atoms with Gasteiger partial charge < -0.3 is 10.5 Å². The number of hydrogen-bond donors (Lipinski definition) is 1. The van der Waals surface area contributed by atoms with Gasteiger partial charge in [0.15, 0.2) is 5.75 Å². The Kier molecular flexibility index (Phi) is 3.94. The SMILES string of the molecule is NC1CCC(Oc2c(Cl)cc([N+](=O)[O-])cc2Cl)C1. The van der Waals surface area contributed by atoms with Gasteiger partial charge in [0.25, 0.3) is 5.69 Å². The van der Waals surface area contributed by atoms with Crippen LogP contribution in [-0.2, 0) is 0 Å². The van der Waals surface area contributed by atoms with Gasteiger partial charge in [-0.25, -0.2) is 0 Å². The third-order valence-electron chi connectivity index (χ3n) is 2.90. The van der Waals surface area contributed by atoms with E-state index in [0.29, 0.717) is 5.75 Å². The predicted octanol–water partition coefficient (Wildman–Crippen LogP) is 3.16. The number of nitro benzene ring substituents is 1. The Balaban J connectivity index is 2.20. The summed E-state index contributed by atoms with van der Waals surface area (Å²) >= 11 is 11.9. The second-order valence-corrected chi connectivity index (χ2v) is 5.12. The third kappa shape index (κ3) is 2.85. The molecule has 2 rings (SSSR count). The number of benzene rings is 1. The molecule has 18 heavy (non-hydrogen) atoms. The molecule has 98 valence electrons. The average molecular weight is 291 g/mol. The Hall–Kier alpha value is -1.04. The standard InChI is InChI=1S/C11H12Cl2N2O3/c12-9-4-7(15(16)17)5-10(13)11(9)18-8-2-1-6(14)3-8/h4-6,8H,1-3,14H2. The molecule has 0 amide bonds. The molecule has 5 nitrogen and oxygen atoms in total. The van der Waals surface area contributed by atoms with Crippen LogP contribution in [0.25, 0.3) is 0 Å². The van der Waals surface area contributed by atoms with Gasteiger partial charge in [0.2, 0.25) is 0 Å². The first-order valence-corrected chi connectivity index (χ1v) is 6.28. The molecule has 2 unspecified atom stereocenters. The fraction of sp³-hybridized carbons (Fsp3) is 0.455. The van der Waals surface area contributed by atoms with Gasteiger partial charge in [-0.2, -0.15) is 0 Å². The van der Waals surface area contributed by atoms with Crippen LogP contribution in [0.2, 0.25) is 10.0 Å². The van der Waals surface area contributed by atoms with E-state index in [2.05, 4.69) is 0 Å². The Morgan fingerprint density at radius 3 is 2.39 bits per heavy atom. The first-order valence-electron chi connectivity index (χ1n) is 5.53. The van der Waals surface area contributed by atoms with E-state index >= 15 is 0 Å². The fourth-order valence-electron chi connectivity index (χ4n) is 2.01. The van der Waals surface area contributed by atoms with E-state index in [1.165, 1.54) is 12.1 Å². The largest absolute Gasteiger partial charge is 0.487 e. The van der Waals surface area contributed by atoms with Crippen LogP contribution in [0.1, 0.15) is 19.3 Å². The number of non-ortho nitro benzene ring substituents is 1. The van der Waals surface area contributed by atoms with Gasteiger partial charge in [-0.3, -0.25) is 10.1 Å². The van der Waals surface area contributed by atoms with Crippen LogP contribution >= 0.6 is 23.2 Å². The molecular formula is C11H12Cl2N2O3. The minimum atomic E-state index is -0.549. The van der Waals surface area contributed by atoms with Crippen LogP contribution in [0.15, 0.2) is 12.1 Å². The van der Waals surface area contributed by atoms with E-state index in [1.54, 1.807) is 0 Å². The highest BCUT2D eigenvalue weighted by Crippen LogP contribution is 2.38. The van der Waals surface area contributed by atoms with Gasteiger partial charge in [0.05, 0.1) is 15.0 Å². The first kappa shape index (κ1) is 13.4. The summed E-state index contributed by atoms with van der Waals surface area (Å²) in [5, 5.41) is 10.9. The second kappa shape index (κ2) is 5.30. The molecule has 1 fully saturated rings. The zero-order valence-corrected chi connectivity index (χ0v) is 10.9. The molecule has 0 bridgehead atoms. The van der Waals surface area contributed by atoms with Crippen LogP contribution in [0.3, 0.4) is 0 Å². The smallest absolute Gasteiger partial charge is 0.272 e. The van der Waals surface area contributed by atoms with Gasteiger partial charge in [-0.1, -0.05) is 23.2 Å². The molecule has 1 aliphatic rings. The van der Waals surface area contributed by atoms with Crippen LogP contribution < -0.4 is 10.5 Å². The van der Waals surface area contributed by atoms with Crippen LogP contribution in [0.4, 0.5) is 5.69 Å². The summed E-state index contributed by atoms with van der Waals surface area (Å²) in [4.78, 5) is 10.1. The van der Waals surface area contributed by atoms with Crippen molar-refractivity contribution in [2.45, 2.75) is 31.4 Å². The van der Waals surface area contributed by atoms with Crippen molar-refractivity contribution >= 4 is 28.9 Å². The van der Waals surface area contributed by atoms with Crippen molar-refractivity contribution in [2.24, 2.45) is 5.73 Å². The first-order chi connectivity index (χ1) is 8.47. The van der Waals surface area contributed by atoms with Gasteiger partial charge in [-0.15, -0.1) is 0 Å². The molecule has 0 spiro atoms. The highest BCUT2D eigenvalue weighted by atomic mass is 35.5. The van der Waals surface area contributed by atoms with Crippen LogP contribution in [-0.4, -0.2) is 17.1 Å². The quantitative estimate of drug-likeness (QED) is 0.685. The van der Waals surface area contributed by atoms with E-state index in [4.69, 9.17) is 33.7 Å². The van der Waals surface area contributed by atoms with Gasteiger partial charge in [0.1, 0.15) is 6.10 Å². The molecule has 0 heterocycles. The lowest BCUT2D eigenvalue weighted by Gasteiger charge is -2.15. The number of ether oxygens (including phenoxy) is 1. The summed E-state index contributed by atoms with van der Waals surface area (Å²) in [6.45, 7) is 0. The van der Waals surface area contributed by atoms with E-state index in [0.717, 1.165) is 19.3 Å². The third-order valence-corrected chi connectivity index (χ3v) is 3.46. The number of nitrogens with two attached hydrogens (primary N) is 1. The zero-order chi connectivity index (χ0) is 13.3. The van der Waals surface area contributed by atoms with E-state index in [1.807, 2.05) is 0 Å². The summed E-state index contributed by atoms with van der Waals surface area (Å²) in [7, 11) is 0. The average Bonchev–Trinajstić information content (AvgIpc) is 2.69. The molecule has 2 N–H and O–H groups in total.